The summed E-state index contributed by atoms with van der Waals surface area (Å²) in [5.41, 5.74) is -5.03. The summed E-state index contributed by atoms with van der Waals surface area (Å²) in [6.07, 6.45) is 4.39. The number of benzene rings is 11. The number of pyridine rings is 1. The third kappa shape index (κ3) is 9.83. The molecular formula is C79H62N4OPtSi-2. The van der Waals surface area contributed by atoms with Gasteiger partial charge in [0.2, 0.25) is 0 Å². The Bertz CT molecular complexity index is 6400. The number of rotatable bonds is 12. The monoisotopic (exact) mass is 1340 g/mol. The molecule has 0 bridgehead atoms. The van der Waals surface area contributed by atoms with Crippen molar-refractivity contribution in [1.29, 1.82) is 0 Å². The molecule has 0 amide bonds. The Kier molecular flexibility index (Phi) is 7.73. The average Bonchev–Trinajstić information content (AvgIpc) is 0.824. The van der Waals surface area contributed by atoms with Gasteiger partial charge in [0.1, 0.15) is 5.82 Å². The second kappa shape index (κ2) is 22.8. The number of aryl methyl sites for hydroxylation is 3. The maximum atomic E-state index is 10.2. The summed E-state index contributed by atoms with van der Waals surface area (Å²) < 4.78 is 324. The molecule has 14 aromatic rings. The first-order valence-electron chi connectivity index (χ1n) is 43.4. The van der Waals surface area contributed by atoms with Crippen LogP contribution in [0.4, 0.5) is 0 Å². The topological polar surface area (TPSA) is 35.9 Å². The number of ether oxygens (including phenoxy) is 1. The van der Waals surface area contributed by atoms with Crippen LogP contribution in [0, 0.1) is 39.0 Å². The molecule has 0 N–H and O–H groups in total. The number of hydrogen-bond donors (Lipinski definition) is 0. The van der Waals surface area contributed by atoms with E-state index in [4.69, 9.17) is 29.4 Å². The molecule has 0 aliphatic heterocycles. The minimum atomic E-state index is -6.44. The van der Waals surface area contributed by atoms with Crippen LogP contribution in [-0.2, 0) is 26.5 Å². The first kappa shape index (κ1) is 29.1. The van der Waals surface area contributed by atoms with Crippen LogP contribution in [0.15, 0.2) is 266 Å². The van der Waals surface area contributed by atoms with Gasteiger partial charge < -0.3 is 13.9 Å². The molecule has 14 rings (SSSR count). The third-order valence-corrected chi connectivity index (χ3v) is 18.9. The van der Waals surface area contributed by atoms with Gasteiger partial charge in [-0.05, 0) is 126 Å². The van der Waals surface area contributed by atoms with Crippen LogP contribution in [-0.4, -0.2) is 22.2 Å². The van der Waals surface area contributed by atoms with E-state index in [1.54, 1.807) is 61.7 Å². The molecular weight excluding hydrogens is 1240 g/mol. The average molecular weight is 1340 g/mol. The predicted molar refractivity (Wildman–Crippen MR) is 353 cm³/mol. The fourth-order valence-electron chi connectivity index (χ4n) is 10.8. The SMILES string of the molecule is [2H]c1c([2H])c([2H])c(-c2cnc(-n3c4[c-]c(Oc5[c-]c(-n6[c-][n+](-c7c(-c8c([2H])c([2H])c([2H])c([2H])c8[2H])cc(C(C)(C)C)cc7[Si](c7c([2H])c([2H])c([2H])c([2H])c7[2H])(c7c([2H])c([2H])c([2H])c([2H])c7[2H])c7c([2H])c([2H])c([2H])c([2H])c7[2H])c7ccc(-c8c(C([2H])([2H])[2H])cccc8C([2H])([2H])[2H])cc76)ccc5)ccc4c4ccccc43)cc2C([2H])([2H])[2H])c([2H])c1[2H].[Pt]. The first-order valence-corrected chi connectivity index (χ1v) is 28.4. The van der Waals surface area contributed by atoms with E-state index in [9.17, 15) is 21.9 Å². The summed E-state index contributed by atoms with van der Waals surface area (Å²) in [7, 11) is -6.44. The van der Waals surface area contributed by atoms with Crippen LogP contribution in [0.5, 0.6) is 11.5 Å². The standard InChI is InChI=1S/C79H62N4OSi.Pt/c1-54-26-24-27-55(2)77(54)59-42-45-72-74(47-59)81(61-32-25-33-62(50-61)84-63-43-44-68-67-40-22-23-41-71(67)83(73(68)51-63)76-46-56(3)70(52-80-76)58-30-14-8-15-31-58)53-82(72)78-69(57-28-12-7-13-29-57)48-60(79(4,5)6)49-75(78)85(64-34-16-9-17-35-64,65-36-18-10-19-37-65)66-38-20-11-21-39-66;/h7-49,52H,1-6H3;/q-2;/i1D3,2D3,3D3,7D,8D,9D,10D,11D,12D,13D,14D,15D,16D,17D,18D,19D,20D,21D,28D,29D,30D,31D,34D,35D,36D,37D,38D,39D;. The molecule has 0 atom stereocenters. The van der Waals surface area contributed by atoms with Crippen molar-refractivity contribution in [3.8, 4) is 62.1 Å². The fraction of sp³-hybridized carbons (Fsp3) is 0.0886. The van der Waals surface area contributed by atoms with Crippen molar-refractivity contribution >= 4 is 61.7 Å². The molecule has 86 heavy (non-hydrogen) atoms. The van der Waals surface area contributed by atoms with Crippen molar-refractivity contribution in [2.75, 3.05) is 0 Å². The normalized spacial score (nSPS) is 17.8. The van der Waals surface area contributed by atoms with Crippen molar-refractivity contribution in [3.05, 3.63) is 307 Å². The Morgan fingerprint density at radius 3 is 1.76 bits per heavy atom. The molecule has 420 valence electrons. The maximum absolute atomic E-state index is 10.2. The second-order valence-electron chi connectivity index (χ2n) is 20.7. The molecule has 0 radical (unpaired) electrons. The molecule has 7 heteroatoms. The number of para-hydroxylation sites is 1. The maximum Gasteiger partial charge on any atom is 0.268 e. The van der Waals surface area contributed by atoms with E-state index in [1.807, 2.05) is 0 Å². The van der Waals surface area contributed by atoms with Crippen LogP contribution in [0.25, 0.3) is 83.4 Å². The summed E-state index contributed by atoms with van der Waals surface area (Å²) in [6.45, 7) is -4.11. The van der Waals surface area contributed by atoms with Gasteiger partial charge in [0.25, 0.3) is 6.33 Å². The van der Waals surface area contributed by atoms with E-state index >= 15 is 0 Å². The van der Waals surface area contributed by atoms with Crippen molar-refractivity contribution in [3.63, 3.8) is 0 Å². The molecule has 0 aliphatic rings. The number of nitrogens with zero attached hydrogens (tertiary/aromatic N) is 4. The molecule has 3 aromatic heterocycles. The summed E-state index contributed by atoms with van der Waals surface area (Å²) in [4.78, 5) is 4.67. The van der Waals surface area contributed by atoms with Gasteiger partial charge in [0.15, 0.2) is 8.07 Å². The zero-order valence-electron chi connectivity index (χ0n) is 79.5. The van der Waals surface area contributed by atoms with Gasteiger partial charge in [-0.1, -0.05) is 238 Å². The van der Waals surface area contributed by atoms with Crippen LogP contribution in [0.1, 0.15) is 89.6 Å². The van der Waals surface area contributed by atoms with Crippen molar-refractivity contribution in [2.24, 2.45) is 0 Å². The van der Waals surface area contributed by atoms with Crippen LogP contribution in [0.3, 0.4) is 0 Å². The Labute approximate surface area is 567 Å². The van der Waals surface area contributed by atoms with Gasteiger partial charge in [-0.2, -0.15) is 18.2 Å². The molecule has 11 aromatic carbocycles. The molecule has 0 unspecified atom stereocenters. The van der Waals surface area contributed by atoms with Crippen LogP contribution < -0.4 is 30.1 Å². The largest absolute Gasteiger partial charge is 0.510 e. The van der Waals surface area contributed by atoms with Crippen molar-refractivity contribution < 1.29 is 77.0 Å². The van der Waals surface area contributed by atoms with Gasteiger partial charge in [-0.15, -0.1) is 29.7 Å². The predicted octanol–water partition coefficient (Wildman–Crippen LogP) is 16.2. The van der Waals surface area contributed by atoms with Gasteiger partial charge in [-0.25, -0.2) is 4.98 Å². The minimum absolute atomic E-state index is 0. The zero-order chi connectivity index (χ0) is 87.1. The molecule has 0 spiro atoms. The van der Waals surface area contributed by atoms with E-state index in [-0.39, 0.29) is 82.9 Å². The van der Waals surface area contributed by atoms with E-state index in [0.717, 1.165) is 10.8 Å². The smallest absolute Gasteiger partial charge is 0.268 e. The van der Waals surface area contributed by atoms with Gasteiger partial charge in [-0.3, -0.25) is 4.57 Å². The van der Waals surface area contributed by atoms with E-state index in [2.05, 4.69) is 23.4 Å². The van der Waals surface area contributed by atoms with Crippen LogP contribution >= 0.6 is 0 Å². The molecule has 0 aliphatic carbocycles. The van der Waals surface area contributed by atoms with Crippen LogP contribution in [0.2, 0.25) is 0 Å². The Morgan fingerprint density at radius 2 is 1.13 bits per heavy atom. The molecule has 3 heterocycles. The molecule has 0 fully saturated rings. The van der Waals surface area contributed by atoms with Crippen molar-refractivity contribution in [1.82, 2.24) is 14.1 Å². The van der Waals surface area contributed by atoms with Gasteiger partial charge in [0, 0.05) is 62.2 Å². The third-order valence-electron chi connectivity index (χ3n) is 14.7. The van der Waals surface area contributed by atoms with E-state index in [1.165, 1.54) is 77.4 Å². The summed E-state index contributed by atoms with van der Waals surface area (Å²) in [6, 6.07) is 7.60. The number of fused-ring (bicyclic) bond motifs is 4. The zero-order valence-corrected chi connectivity index (χ0v) is 48.8. The first-order chi connectivity index (χ1) is 55.5. The molecule has 0 saturated carbocycles. The Balaban J connectivity index is 0.0000124. The molecule has 0 saturated heterocycles. The van der Waals surface area contributed by atoms with Gasteiger partial charge >= 0.3 is 0 Å². The Morgan fingerprint density at radius 1 is 0.535 bits per heavy atom. The number of hydrogen-bond acceptors (Lipinski definition) is 2. The summed E-state index contributed by atoms with van der Waals surface area (Å²) in [5, 5.41) is -2.37. The van der Waals surface area contributed by atoms with Gasteiger partial charge in [0.05, 0.1) is 51.0 Å². The fourth-order valence-corrected chi connectivity index (χ4v) is 14.8. The number of aromatic nitrogens is 4. The summed E-state index contributed by atoms with van der Waals surface area (Å²) >= 11 is 0. The number of imidazole rings is 1. The summed E-state index contributed by atoms with van der Waals surface area (Å²) in [5.74, 6) is -0.191. The molecule has 5 nitrogen and oxygen atoms in total. The Hall–Kier alpha value is -9.45. The minimum Gasteiger partial charge on any atom is -0.510 e. The second-order valence-corrected chi connectivity index (χ2v) is 24.2. The van der Waals surface area contributed by atoms with Crippen molar-refractivity contribution in [2.45, 2.75) is 46.7 Å². The quantitative estimate of drug-likeness (QED) is 0.0529. The van der Waals surface area contributed by atoms with E-state index < -0.39 is 245 Å². The van der Waals surface area contributed by atoms with E-state index in [0.29, 0.717) is 16.3 Å².